The number of carbonyl (C=O) groups is 1. The van der Waals surface area contributed by atoms with Crippen LogP contribution in [0.15, 0.2) is 18.2 Å². The Kier molecular flexibility index (Phi) is 4.23. The highest BCUT2D eigenvalue weighted by molar-refractivity contribution is 5.94. The summed E-state index contributed by atoms with van der Waals surface area (Å²) in [6.45, 7) is 6.79. The maximum absolute atomic E-state index is 13.6. The Hall–Kier alpha value is -1.38. The molecule has 0 N–H and O–H groups in total. The number of carbonyl (C=O) groups excluding carboxylic acids is 1. The van der Waals surface area contributed by atoms with Crippen molar-refractivity contribution < 1.29 is 9.18 Å². The van der Waals surface area contributed by atoms with Gasteiger partial charge >= 0.3 is 0 Å². The molecule has 0 bridgehead atoms. The van der Waals surface area contributed by atoms with E-state index in [1.54, 1.807) is 19.1 Å². The Morgan fingerprint density at radius 2 is 2.11 bits per heavy atom. The SMILES string of the molecule is Cc1ccc(C(=O)N2CCCCC2C(C)C)cc1F. The fraction of sp³-hybridized carbons (Fsp3) is 0.562. The highest BCUT2D eigenvalue weighted by atomic mass is 19.1. The molecule has 0 saturated carbocycles. The molecule has 1 atom stereocenters. The number of benzene rings is 1. The van der Waals surface area contributed by atoms with E-state index in [1.165, 1.54) is 12.5 Å². The van der Waals surface area contributed by atoms with Gasteiger partial charge in [0.2, 0.25) is 0 Å². The zero-order valence-corrected chi connectivity index (χ0v) is 11.9. The van der Waals surface area contributed by atoms with Crippen LogP contribution in [0.3, 0.4) is 0 Å². The van der Waals surface area contributed by atoms with Gasteiger partial charge in [-0.25, -0.2) is 4.39 Å². The van der Waals surface area contributed by atoms with Crippen molar-refractivity contribution in [1.82, 2.24) is 4.90 Å². The predicted octanol–water partition coefficient (Wildman–Crippen LogP) is 3.78. The first-order valence-corrected chi connectivity index (χ1v) is 7.08. The summed E-state index contributed by atoms with van der Waals surface area (Å²) in [5, 5.41) is 0. The number of rotatable bonds is 2. The molecule has 19 heavy (non-hydrogen) atoms. The van der Waals surface area contributed by atoms with Gasteiger partial charge in [-0.3, -0.25) is 4.79 Å². The van der Waals surface area contributed by atoms with Gasteiger partial charge in [-0.05, 0) is 49.8 Å². The molecule has 1 aliphatic rings. The van der Waals surface area contributed by atoms with Crippen LogP contribution in [-0.2, 0) is 0 Å². The molecule has 104 valence electrons. The molecule has 0 radical (unpaired) electrons. The molecule has 0 spiro atoms. The van der Waals surface area contributed by atoms with Crippen molar-refractivity contribution in [2.75, 3.05) is 6.54 Å². The molecule has 3 heteroatoms. The summed E-state index contributed by atoms with van der Waals surface area (Å²) >= 11 is 0. The summed E-state index contributed by atoms with van der Waals surface area (Å²) < 4.78 is 13.6. The van der Waals surface area contributed by atoms with Gasteiger partial charge in [-0.2, -0.15) is 0 Å². The first kappa shape index (κ1) is 14.0. The first-order valence-electron chi connectivity index (χ1n) is 7.08. The lowest BCUT2D eigenvalue weighted by molar-refractivity contribution is 0.0543. The van der Waals surface area contributed by atoms with E-state index in [2.05, 4.69) is 13.8 Å². The average Bonchev–Trinajstić information content (AvgIpc) is 2.41. The minimum atomic E-state index is -0.302. The molecule has 2 rings (SSSR count). The largest absolute Gasteiger partial charge is 0.335 e. The summed E-state index contributed by atoms with van der Waals surface area (Å²) in [6.07, 6.45) is 3.27. The molecule has 0 aromatic heterocycles. The molecule has 1 aromatic rings. The van der Waals surface area contributed by atoms with Gasteiger partial charge in [-0.1, -0.05) is 19.9 Å². The van der Waals surface area contributed by atoms with E-state index in [0.29, 0.717) is 17.0 Å². The van der Waals surface area contributed by atoms with Crippen LogP contribution in [0.4, 0.5) is 4.39 Å². The van der Waals surface area contributed by atoms with E-state index in [1.807, 2.05) is 4.90 Å². The van der Waals surface area contributed by atoms with E-state index in [-0.39, 0.29) is 17.8 Å². The van der Waals surface area contributed by atoms with Gasteiger partial charge in [0.25, 0.3) is 5.91 Å². The monoisotopic (exact) mass is 263 g/mol. The second-order valence-electron chi connectivity index (χ2n) is 5.77. The highest BCUT2D eigenvalue weighted by Crippen LogP contribution is 2.25. The van der Waals surface area contributed by atoms with E-state index in [4.69, 9.17) is 0 Å². The van der Waals surface area contributed by atoms with Gasteiger partial charge in [0.05, 0.1) is 0 Å². The number of amides is 1. The maximum Gasteiger partial charge on any atom is 0.254 e. The predicted molar refractivity (Wildman–Crippen MR) is 74.7 cm³/mol. The third-order valence-corrected chi connectivity index (χ3v) is 4.00. The smallest absolute Gasteiger partial charge is 0.254 e. The Morgan fingerprint density at radius 3 is 2.74 bits per heavy atom. The highest BCUT2D eigenvalue weighted by Gasteiger charge is 2.29. The fourth-order valence-corrected chi connectivity index (χ4v) is 2.79. The lowest BCUT2D eigenvalue weighted by Gasteiger charge is -2.38. The minimum absolute atomic E-state index is 0.0303. The molecule has 1 aliphatic heterocycles. The number of nitrogens with zero attached hydrogens (tertiary/aromatic N) is 1. The second kappa shape index (κ2) is 5.72. The van der Waals surface area contributed by atoms with Crippen molar-refractivity contribution in [3.05, 3.63) is 35.1 Å². The summed E-state index contributed by atoms with van der Waals surface area (Å²) in [7, 11) is 0. The van der Waals surface area contributed by atoms with E-state index in [0.717, 1.165) is 19.4 Å². The number of piperidine rings is 1. The standard InChI is InChI=1S/C16H22FNO/c1-11(2)15-6-4-5-9-18(15)16(19)13-8-7-12(3)14(17)10-13/h7-8,10-11,15H,4-6,9H2,1-3H3. The summed E-state index contributed by atoms with van der Waals surface area (Å²) in [5.74, 6) is 0.112. The van der Waals surface area contributed by atoms with Crippen LogP contribution in [0.25, 0.3) is 0 Å². The number of halogens is 1. The molecule has 1 aromatic carbocycles. The van der Waals surface area contributed by atoms with E-state index in [9.17, 15) is 9.18 Å². The summed E-state index contributed by atoms with van der Waals surface area (Å²) in [6, 6.07) is 5.05. The molecule has 0 aliphatic carbocycles. The molecule has 1 heterocycles. The van der Waals surface area contributed by atoms with Crippen molar-refractivity contribution in [3.8, 4) is 0 Å². The Bertz CT molecular complexity index is 470. The van der Waals surface area contributed by atoms with Crippen LogP contribution in [0.2, 0.25) is 0 Å². The Balaban J connectivity index is 2.23. The van der Waals surface area contributed by atoms with Gasteiger partial charge in [0, 0.05) is 18.2 Å². The third kappa shape index (κ3) is 2.96. The van der Waals surface area contributed by atoms with Gasteiger partial charge in [0.1, 0.15) is 5.82 Å². The number of hydrogen-bond acceptors (Lipinski definition) is 1. The lowest BCUT2D eigenvalue weighted by Crippen LogP contribution is -2.46. The van der Waals surface area contributed by atoms with Gasteiger partial charge < -0.3 is 4.90 Å². The minimum Gasteiger partial charge on any atom is -0.335 e. The van der Waals surface area contributed by atoms with Crippen LogP contribution < -0.4 is 0 Å². The van der Waals surface area contributed by atoms with Crippen molar-refractivity contribution in [1.29, 1.82) is 0 Å². The van der Waals surface area contributed by atoms with Crippen molar-refractivity contribution in [2.24, 2.45) is 5.92 Å². The normalized spacial score (nSPS) is 19.8. The van der Waals surface area contributed by atoms with Crippen LogP contribution in [-0.4, -0.2) is 23.4 Å². The summed E-state index contributed by atoms with van der Waals surface area (Å²) in [4.78, 5) is 14.5. The number of likely N-dealkylation sites (tertiary alicyclic amines) is 1. The maximum atomic E-state index is 13.6. The van der Waals surface area contributed by atoms with Crippen molar-refractivity contribution in [3.63, 3.8) is 0 Å². The molecule has 1 saturated heterocycles. The average molecular weight is 263 g/mol. The van der Waals surface area contributed by atoms with E-state index >= 15 is 0 Å². The molecular formula is C16H22FNO. The van der Waals surface area contributed by atoms with Crippen LogP contribution in [0.5, 0.6) is 0 Å². The second-order valence-corrected chi connectivity index (χ2v) is 5.77. The molecule has 1 unspecified atom stereocenters. The molecular weight excluding hydrogens is 241 g/mol. The number of hydrogen-bond donors (Lipinski definition) is 0. The zero-order chi connectivity index (χ0) is 14.0. The zero-order valence-electron chi connectivity index (χ0n) is 11.9. The topological polar surface area (TPSA) is 20.3 Å². The Labute approximate surface area is 114 Å². The lowest BCUT2D eigenvalue weighted by atomic mass is 9.92. The van der Waals surface area contributed by atoms with Gasteiger partial charge in [0.15, 0.2) is 0 Å². The summed E-state index contributed by atoms with van der Waals surface area (Å²) in [5.41, 5.74) is 1.05. The van der Waals surface area contributed by atoms with E-state index < -0.39 is 0 Å². The van der Waals surface area contributed by atoms with Crippen molar-refractivity contribution in [2.45, 2.75) is 46.1 Å². The van der Waals surface area contributed by atoms with Crippen LogP contribution in [0, 0.1) is 18.7 Å². The molecule has 1 fully saturated rings. The molecule has 2 nitrogen and oxygen atoms in total. The first-order chi connectivity index (χ1) is 9.00. The van der Waals surface area contributed by atoms with Crippen LogP contribution >= 0.6 is 0 Å². The fourth-order valence-electron chi connectivity index (χ4n) is 2.79. The Morgan fingerprint density at radius 1 is 1.37 bits per heavy atom. The number of aryl methyl sites for hydroxylation is 1. The molecule has 1 amide bonds. The van der Waals surface area contributed by atoms with Crippen molar-refractivity contribution >= 4 is 5.91 Å². The quantitative estimate of drug-likeness (QED) is 0.795. The third-order valence-electron chi connectivity index (χ3n) is 4.00. The van der Waals surface area contributed by atoms with Gasteiger partial charge in [-0.15, -0.1) is 0 Å². The van der Waals surface area contributed by atoms with Crippen LogP contribution in [0.1, 0.15) is 49.0 Å².